The molecule has 1 aliphatic rings. The lowest BCUT2D eigenvalue weighted by molar-refractivity contribution is -0.142. The Morgan fingerprint density at radius 1 is 1.24 bits per heavy atom. The Morgan fingerprint density at radius 3 is 2.48 bits per heavy atom. The van der Waals surface area contributed by atoms with E-state index in [2.05, 4.69) is 51.2 Å². The first-order chi connectivity index (χ1) is 9.99. The van der Waals surface area contributed by atoms with Crippen LogP contribution in [0, 0.1) is 13.1 Å². The second-order valence-electron chi connectivity index (χ2n) is 5.56. The molecule has 0 radical (unpaired) electrons. The molecule has 1 aromatic carbocycles. The maximum Gasteiger partial charge on any atom is 0.168 e. The third-order valence-corrected chi connectivity index (χ3v) is 6.44. The van der Waals surface area contributed by atoms with Crippen LogP contribution in [0.5, 0.6) is 0 Å². The van der Waals surface area contributed by atoms with Gasteiger partial charge in [-0.2, -0.15) is 0 Å². The van der Waals surface area contributed by atoms with Crippen molar-refractivity contribution in [3.05, 3.63) is 30.9 Å². The Balaban J connectivity index is 2.22. The highest BCUT2D eigenvalue weighted by molar-refractivity contribution is 14.1. The lowest BCUT2D eigenvalue weighted by Crippen LogP contribution is -2.30. The number of ether oxygens (including phenoxy) is 2. The number of carbonyl (C=O) groups excluding carboxylic acids is 1. The summed E-state index contributed by atoms with van der Waals surface area (Å²) >= 11 is 4.60. The number of ketones is 1. The second-order valence-corrected chi connectivity index (χ2v) is 7.88. The summed E-state index contributed by atoms with van der Waals surface area (Å²) in [5.41, 5.74) is 0.963. The monoisotopic (exact) mass is 514 g/mol. The van der Waals surface area contributed by atoms with Crippen molar-refractivity contribution in [2.45, 2.75) is 38.9 Å². The molecule has 0 bridgehead atoms. The number of Topliss-reactive ketones (excluding diaryl/α,β-unsaturated/α-hetero) is 1. The molecule has 1 fully saturated rings. The Bertz CT molecular complexity index is 496. The van der Waals surface area contributed by atoms with E-state index in [1.807, 2.05) is 26.0 Å². The predicted molar refractivity (Wildman–Crippen MR) is 99.4 cm³/mol. The van der Waals surface area contributed by atoms with E-state index in [0.29, 0.717) is 0 Å². The molecule has 1 unspecified atom stereocenters. The fourth-order valence-corrected chi connectivity index (χ4v) is 3.17. The van der Waals surface area contributed by atoms with E-state index in [4.69, 9.17) is 9.47 Å². The normalized spacial score (nSPS) is 18.0. The maximum absolute atomic E-state index is 12.6. The third-order valence-electron chi connectivity index (χ3n) is 3.57. The molecule has 1 aromatic rings. The molecule has 5 heteroatoms. The van der Waals surface area contributed by atoms with Crippen molar-refractivity contribution >= 4 is 51.0 Å². The van der Waals surface area contributed by atoms with Crippen molar-refractivity contribution in [1.29, 1.82) is 0 Å². The zero-order valence-electron chi connectivity index (χ0n) is 12.3. The molecule has 3 nitrogen and oxygen atoms in total. The molecule has 1 saturated heterocycles. The summed E-state index contributed by atoms with van der Waals surface area (Å²) in [6, 6.07) is 6.12. The molecule has 1 heterocycles. The first-order valence-electron chi connectivity index (χ1n) is 7.21. The van der Waals surface area contributed by atoms with Crippen LogP contribution in [0.3, 0.4) is 0 Å². The summed E-state index contributed by atoms with van der Waals surface area (Å²) in [6.45, 7) is 5.30. The number of hydrogen-bond acceptors (Lipinski definition) is 3. The molecule has 0 aromatic heterocycles. The molecule has 0 N–H and O–H groups in total. The summed E-state index contributed by atoms with van der Waals surface area (Å²) in [4.78, 5) is 12.6. The Morgan fingerprint density at radius 2 is 1.90 bits per heavy atom. The smallest absolute Gasteiger partial charge is 0.168 e. The number of halogens is 2. The maximum atomic E-state index is 12.6. The predicted octanol–water partition coefficient (Wildman–Crippen LogP) is 4.36. The molecular weight excluding hydrogens is 494 g/mol. The van der Waals surface area contributed by atoms with Crippen LogP contribution in [0.15, 0.2) is 18.2 Å². The van der Waals surface area contributed by atoms with Gasteiger partial charge in [0.1, 0.15) is 6.10 Å². The summed E-state index contributed by atoms with van der Waals surface area (Å²) in [7, 11) is 0. The molecule has 21 heavy (non-hydrogen) atoms. The zero-order valence-corrected chi connectivity index (χ0v) is 16.6. The van der Waals surface area contributed by atoms with Gasteiger partial charge in [-0.05, 0) is 75.7 Å². The van der Waals surface area contributed by atoms with E-state index < -0.39 is 6.10 Å². The van der Waals surface area contributed by atoms with Crippen LogP contribution in [0.2, 0.25) is 0 Å². The average Bonchev–Trinajstić information content (AvgIpc) is 2.48. The molecule has 116 valence electrons. The summed E-state index contributed by atoms with van der Waals surface area (Å²) < 4.78 is 13.9. The Labute approximate surface area is 153 Å². The van der Waals surface area contributed by atoms with E-state index in [1.54, 1.807) is 0 Å². The Hall–Kier alpha value is 0.270. The molecule has 0 aliphatic carbocycles. The minimum absolute atomic E-state index is 0.0354. The lowest BCUT2D eigenvalue weighted by Gasteiger charge is -2.28. The number of hydrogen-bond donors (Lipinski definition) is 0. The molecule has 1 atom stereocenters. The highest BCUT2D eigenvalue weighted by atomic mass is 127. The van der Waals surface area contributed by atoms with E-state index in [-0.39, 0.29) is 17.8 Å². The first kappa shape index (κ1) is 17.6. The van der Waals surface area contributed by atoms with Crippen molar-refractivity contribution in [2.24, 2.45) is 5.92 Å². The van der Waals surface area contributed by atoms with Crippen molar-refractivity contribution in [1.82, 2.24) is 0 Å². The number of rotatable bonds is 5. The van der Waals surface area contributed by atoms with Crippen molar-refractivity contribution < 1.29 is 14.3 Å². The van der Waals surface area contributed by atoms with E-state index in [1.165, 1.54) is 3.57 Å². The highest BCUT2D eigenvalue weighted by Crippen LogP contribution is 2.29. The first-order valence-corrected chi connectivity index (χ1v) is 9.36. The largest absolute Gasteiger partial charge is 0.381 e. The number of benzene rings is 1. The molecule has 1 aliphatic heterocycles. The highest BCUT2D eigenvalue weighted by Gasteiger charge is 2.28. The van der Waals surface area contributed by atoms with Gasteiger partial charge in [0.05, 0.1) is 6.10 Å². The lowest BCUT2D eigenvalue weighted by atomic mass is 9.97. The van der Waals surface area contributed by atoms with Crippen LogP contribution in [0.4, 0.5) is 0 Å². The topological polar surface area (TPSA) is 35.5 Å². The average molecular weight is 514 g/mol. The van der Waals surface area contributed by atoms with Gasteiger partial charge >= 0.3 is 0 Å². The quantitative estimate of drug-likeness (QED) is 0.549. The van der Waals surface area contributed by atoms with Gasteiger partial charge < -0.3 is 9.47 Å². The molecular formula is C16H20I2O3. The van der Waals surface area contributed by atoms with Gasteiger partial charge in [-0.25, -0.2) is 0 Å². The van der Waals surface area contributed by atoms with E-state index >= 15 is 0 Å². The third kappa shape index (κ3) is 4.87. The minimum atomic E-state index is -0.460. The summed E-state index contributed by atoms with van der Waals surface area (Å²) in [6.07, 6.45) is 1.38. The van der Waals surface area contributed by atoms with Crippen LogP contribution in [0.25, 0.3) is 0 Å². The molecule has 2 rings (SSSR count). The van der Waals surface area contributed by atoms with Crippen molar-refractivity contribution in [3.63, 3.8) is 0 Å². The zero-order chi connectivity index (χ0) is 15.4. The fourth-order valence-electron chi connectivity index (χ4n) is 2.29. The van der Waals surface area contributed by atoms with Crippen LogP contribution in [-0.2, 0) is 14.3 Å². The number of carbonyl (C=O) groups is 1. The van der Waals surface area contributed by atoms with Crippen molar-refractivity contribution in [2.75, 3.05) is 13.2 Å². The molecule has 0 saturated carbocycles. The molecule has 0 amide bonds. The SMILES string of the molecule is CC(C)C(=O)C(OC1CCOCC1)c1ccc(I)c(I)c1. The summed E-state index contributed by atoms with van der Waals surface area (Å²) in [5.74, 6) is 0.116. The van der Waals surface area contributed by atoms with Gasteiger partial charge in [0.15, 0.2) is 5.78 Å². The van der Waals surface area contributed by atoms with Gasteiger partial charge in [0, 0.05) is 26.3 Å². The van der Waals surface area contributed by atoms with Crippen LogP contribution >= 0.6 is 45.2 Å². The minimum Gasteiger partial charge on any atom is -0.381 e. The second kappa shape index (κ2) is 8.21. The van der Waals surface area contributed by atoms with Crippen molar-refractivity contribution in [3.8, 4) is 0 Å². The van der Waals surface area contributed by atoms with E-state index in [0.717, 1.165) is 35.2 Å². The van der Waals surface area contributed by atoms with Gasteiger partial charge in [-0.3, -0.25) is 4.79 Å². The van der Waals surface area contributed by atoms with Crippen LogP contribution < -0.4 is 0 Å². The van der Waals surface area contributed by atoms with Crippen LogP contribution in [-0.4, -0.2) is 25.1 Å². The van der Waals surface area contributed by atoms with Gasteiger partial charge in [0.2, 0.25) is 0 Å². The summed E-state index contributed by atoms with van der Waals surface area (Å²) in [5, 5.41) is 0. The van der Waals surface area contributed by atoms with E-state index in [9.17, 15) is 4.79 Å². The Kier molecular flexibility index (Phi) is 6.89. The van der Waals surface area contributed by atoms with Gasteiger partial charge in [-0.1, -0.05) is 19.9 Å². The molecule has 0 spiro atoms. The van der Waals surface area contributed by atoms with Gasteiger partial charge in [-0.15, -0.1) is 0 Å². The van der Waals surface area contributed by atoms with Crippen LogP contribution in [0.1, 0.15) is 38.4 Å². The standard InChI is InChI=1S/C16H20I2O3/c1-10(2)15(19)16(21-12-5-7-20-8-6-12)11-3-4-13(17)14(18)9-11/h3-4,9-10,12,16H,5-8H2,1-2H3. The fraction of sp³-hybridized carbons (Fsp3) is 0.562. The van der Waals surface area contributed by atoms with Gasteiger partial charge in [0.25, 0.3) is 0 Å².